The van der Waals surface area contributed by atoms with Crippen molar-refractivity contribution in [1.29, 1.82) is 5.26 Å². The highest BCUT2D eigenvalue weighted by Crippen LogP contribution is 2.21. The average molecular weight is 234 g/mol. The largest absolute Gasteiger partial charge is 0.389 e. The number of rotatable bonds is 4. The summed E-state index contributed by atoms with van der Waals surface area (Å²) in [7, 11) is 0. The first-order chi connectivity index (χ1) is 7.69. The van der Waals surface area contributed by atoms with E-state index in [4.69, 9.17) is 5.26 Å². The van der Waals surface area contributed by atoms with Crippen molar-refractivity contribution in [1.82, 2.24) is 0 Å². The molecule has 0 spiro atoms. The van der Waals surface area contributed by atoms with E-state index in [0.29, 0.717) is 11.3 Å². The minimum absolute atomic E-state index is 0.110. The van der Waals surface area contributed by atoms with Gasteiger partial charge in [0.2, 0.25) is 0 Å². The normalized spacial score (nSPS) is 13.3. The molecule has 1 aromatic carbocycles. The van der Waals surface area contributed by atoms with Gasteiger partial charge in [0.15, 0.2) is 0 Å². The molecule has 0 radical (unpaired) electrons. The van der Waals surface area contributed by atoms with Crippen molar-refractivity contribution < 1.29 is 10.2 Å². The fraction of sp³-hybridized carbons (Fsp3) is 0.273. The number of thiocarbonyl (C=S) groups is 1. The molecule has 0 saturated carbocycles. The van der Waals surface area contributed by atoms with Crippen molar-refractivity contribution in [2.24, 2.45) is 4.99 Å². The van der Waals surface area contributed by atoms with E-state index in [9.17, 15) is 10.2 Å². The molecule has 2 N–H and O–H groups in total. The maximum atomic E-state index is 9.67. The van der Waals surface area contributed by atoms with E-state index in [1.165, 1.54) is 0 Å². The number of isothiocyanates is 1. The van der Waals surface area contributed by atoms with Crippen LogP contribution in [0.2, 0.25) is 0 Å². The van der Waals surface area contributed by atoms with Gasteiger partial charge in [0, 0.05) is 0 Å². The number of nitrogens with zero attached hydrogens (tertiary/aromatic N) is 2. The summed E-state index contributed by atoms with van der Waals surface area (Å²) in [5.74, 6) is 0. The number of hydrogen-bond acceptors (Lipinski definition) is 5. The fourth-order valence-corrected chi connectivity index (χ4v) is 1.33. The molecule has 2 atom stereocenters. The molecule has 5 heteroatoms. The second kappa shape index (κ2) is 6.11. The standard InChI is InChI=1S/C11H10N2O2S/c12-6-5-10(14)11(15)8-1-3-9(4-2-8)13-7-16/h1-4,10-11,14-15H,5H2. The van der Waals surface area contributed by atoms with Crippen molar-refractivity contribution in [3.05, 3.63) is 29.8 Å². The van der Waals surface area contributed by atoms with Gasteiger partial charge in [-0.05, 0) is 29.9 Å². The summed E-state index contributed by atoms with van der Waals surface area (Å²) >= 11 is 4.45. The molecular formula is C11H10N2O2S. The molecular weight excluding hydrogens is 224 g/mol. The van der Waals surface area contributed by atoms with E-state index in [0.717, 1.165) is 0 Å². The summed E-state index contributed by atoms with van der Waals surface area (Å²) in [6.45, 7) is 0. The second-order valence-electron chi connectivity index (χ2n) is 3.17. The number of benzene rings is 1. The molecule has 16 heavy (non-hydrogen) atoms. The molecule has 82 valence electrons. The molecule has 4 nitrogen and oxygen atoms in total. The molecule has 0 aromatic heterocycles. The molecule has 0 aliphatic heterocycles. The minimum Gasteiger partial charge on any atom is -0.389 e. The van der Waals surface area contributed by atoms with Crippen LogP contribution in [0, 0.1) is 11.3 Å². The summed E-state index contributed by atoms with van der Waals surface area (Å²) in [4.78, 5) is 3.76. The number of hydrogen-bond donors (Lipinski definition) is 2. The van der Waals surface area contributed by atoms with Crippen LogP contribution in [0.15, 0.2) is 29.3 Å². The fourth-order valence-electron chi connectivity index (χ4n) is 1.23. The van der Waals surface area contributed by atoms with E-state index in [1.807, 2.05) is 0 Å². The van der Waals surface area contributed by atoms with E-state index < -0.39 is 12.2 Å². The summed E-state index contributed by atoms with van der Waals surface area (Å²) in [6.07, 6.45) is -2.25. The van der Waals surface area contributed by atoms with Gasteiger partial charge in [-0.3, -0.25) is 0 Å². The third kappa shape index (κ3) is 3.23. The van der Waals surface area contributed by atoms with Gasteiger partial charge >= 0.3 is 0 Å². The zero-order valence-corrected chi connectivity index (χ0v) is 9.18. The van der Waals surface area contributed by atoms with Crippen molar-refractivity contribution in [3.8, 4) is 6.07 Å². The highest BCUT2D eigenvalue weighted by atomic mass is 32.1. The van der Waals surface area contributed by atoms with Gasteiger partial charge in [0.05, 0.1) is 29.4 Å². The van der Waals surface area contributed by atoms with Crippen molar-refractivity contribution in [2.45, 2.75) is 18.6 Å². The lowest BCUT2D eigenvalue weighted by molar-refractivity contribution is 0.0216. The van der Waals surface area contributed by atoms with E-state index in [-0.39, 0.29) is 6.42 Å². The van der Waals surface area contributed by atoms with Crippen molar-refractivity contribution >= 4 is 23.1 Å². The molecule has 0 aliphatic carbocycles. The van der Waals surface area contributed by atoms with Gasteiger partial charge in [-0.1, -0.05) is 12.1 Å². The third-order valence-corrected chi connectivity index (χ3v) is 2.17. The van der Waals surface area contributed by atoms with Gasteiger partial charge in [-0.15, -0.1) is 0 Å². The first-order valence-electron chi connectivity index (χ1n) is 4.60. The van der Waals surface area contributed by atoms with Crippen LogP contribution in [0.5, 0.6) is 0 Å². The van der Waals surface area contributed by atoms with Crippen LogP contribution in [0.25, 0.3) is 0 Å². The maximum absolute atomic E-state index is 9.67. The van der Waals surface area contributed by atoms with Crippen LogP contribution in [0.3, 0.4) is 0 Å². The summed E-state index contributed by atoms with van der Waals surface area (Å²) < 4.78 is 0. The Balaban J connectivity index is 2.81. The molecule has 0 saturated heterocycles. The molecule has 0 aliphatic rings. The summed E-state index contributed by atoms with van der Waals surface area (Å²) in [5.41, 5.74) is 1.16. The van der Waals surface area contributed by atoms with E-state index in [2.05, 4.69) is 22.4 Å². The Morgan fingerprint density at radius 1 is 1.31 bits per heavy atom. The molecule has 0 bridgehead atoms. The SMILES string of the molecule is N#CCC(O)C(O)c1ccc(N=C=S)cc1. The van der Waals surface area contributed by atoms with Gasteiger partial charge in [0.25, 0.3) is 0 Å². The number of aliphatic hydroxyl groups is 2. The summed E-state index contributed by atoms with van der Waals surface area (Å²) in [6, 6.07) is 8.34. The number of aliphatic hydroxyl groups excluding tert-OH is 2. The Morgan fingerprint density at radius 3 is 2.44 bits per heavy atom. The third-order valence-electron chi connectivity index (χ3n) is 2.07. The Labute approximate surface area is 98.5 Å². The molecule has 0 heterocycles. The molecule has 0 fully saturated rings. The zero-order chi connectivity index (χ0) is 12.0. The Bertz CT molecular complexity index is 432. The Hall–Kier alpha value is -1.57. The van der Waals surface area contributed by atoms with E-state index in [1.54, 1.807) is 30.3 Å². The first-order valence-corrected chi connectivity index (χ1v) is 5.00. The van der Waals surface area contributed by atoms with Gasteiger partial charge in [-0.2, -0.15) is 10.3 Å². The number of aliphatic imine (C=N–C) groups is 1. The smallest absolute Gasteiger partial charge is 0.106 e. The number of nitriles is 1. The molecule has 2 unspecified atom stereocenters. The Kier molecular flexibility index (Phi) is 4.77. The zero-order valence-electron chi connectivity index (χ0n) is 8.37. The van der Waals surface area contributed by atoms with Crippen molar-refractivity contribution in [2.75, 3.05) is 0 Å². The lowest BCUT2D eigenvalue weighted by Gasteiger charge is -2.15. The van der Waals surface area contributed by atoms with Crippen LogP contribution in [0.1, 0.15) is 18.1 Å². The van der Waals surface area contributed by atoms with Crippen LogP contribution < -0.4 is 0 Å². The minimum atomic E-state index is -1.08. The molecule has 1 rings (SSSR count). The molecule has 1 aromatic rings. The highest BCUT2D eigenvalue weighted by molar-refractivity contribution is 7.78. The monoisotopic (exact) mass is 234 g/mol. The molecule has 0 amide bonds. The average Bonchev–Trinajstić information content (AvgIpc) is 2.30. The quantitative estimate of drug-likeness (QED) is 0.614. The first kappa shape index (κ1) is 12.5. The highest BCUT2D eigenvalue weighted by Gasteiger charge is 2.17. The maximum Gasteiger partial charge on any atom is 0.106 e. The topological polar surface area (TPSA) is 76.6 Å². The van der Waals surface area contributed by atoms with Gasteiger partial charge in [-0.25, -0.2) is 0 Å². The summed E-state index contributed by atoms with van der Waals surface area (Å²) in [5, 5.41) is 29.7. The van der Waals surface area contributed by atoms with Crippen LogP contribution in [0.4, 0.5) is 5.69 Å². The van der Waals surface area contributed by atoms with Gasteiger partial charge in [0.1, 0.15) is 6.10 Å². The van der Waals surface area contributed by atoms with E-state index >= 15 is 0 Å². The second-order valence-corrected chi connectivity index (χ2v) is 3.35. The van der Waals surface area contributed by atoms with Crippen LogP contribution in [-0.2, 0) is 0 Å². The van der Waals surface area contributed by atoms with Crippen LogP contribution in [-0.4, -0.2) is 21.5 Å². The van der Waals surface area contributed by atoms with Crippen LogP contribution >= 0.6 is 12.2 Å². The van der Waals surface area contributed by atoms with Gasteiger partial charge < -0.3 is 10.2 Å². The lowest BCUT2D eigenvalue weighted by Crippen LogP contribution is -2.17. The van der Waals surface area contributed by atoms with Crippen molar-refractivity contribution in [3.63, 3.8) is 0 Å². The predicted molar refractivity (Wildman–Crippen MR) is 62.3 cm³/mol. The lowest BCUT2D eigenvalue weighted by atomic mass is 10.0. The Morgan fingerprint density at radius 2 is 1.94 bits per heavy atom. The predicted octanol–water partition coefficient (Wildman–Crippen LogP) is 1.73.